The van der Waals surface area contributed by atoms with Crippen molar-refractivity contribution < 1.29 is 9.53 Å². The average molecular weight is 247 g/mol. The van der Waals surface area contributed by atoms with Crippen molar-refractivity contribution in [1.29, 1.82) is 0 Å². The number of halogens is 1. The van der Waals surface area contributed by atoms with Crippen LogP contribution in [0.5, 0.6) is 5.75 Å². The van der Waals surface area contributed by atoms with Gasteiger partial charge in [-0.3, -0.25) is 4.79 Å². The van der Waals surface area contributed by atoms with Gasteiger partial charge in [0.15, 0.2) is 5.75 Å². The molecule has 0 atom stereocenters. The Morgan fingerprint density at radius 3 is 2.41 bits per heavy atom. The van der Waals surface area contributed by atoms with Crippen molar-refractivity contribution in [3.05, 3.63) is 53.6 Å². The fourth-order valence-electron chi connectivity index (χ4n) is 1.60. The van der Waals surface area contributed by atoms with E-state index >= 15 is 0 Å². The van der Waals surface area contributed by atoms with Crippen molar-refractivity contribution in [3.8, 4) is 16.9 Å². The van der Waals surface area contributed by atoms with Gasteiger partial charge >= 0.3 is 5.97 Å². The Balaban J connectivity index is 2.54. The summed E-state index contributed by atoms with van der Waals surface area (Å²) < 4.78 is 5.16. The van der Waals surface area contributed by atoms with Gasteiger partial charge in [0.2, 0.25) is 0 Å². The lowest BCUT2D eigenvalue weighted by molar-refractivity contribution is -0.131. The first-order chi connectivity index (χ1) is 8.18. The van der Waals surface area contributed by atoms with Crippen LogP contribution in [0.15, 0.2) is 48.5 Å². The third-order valence-corrected chi connectivity index (χ3v) is 2.60. The molecular weight excluding hydrogens is 236 g/mol. The summed E-state index contributed by atoms with van der Waals surface area (Å²) >= 11 is 6.05. The predicted molar refractivity (Wildman–Crippen MR) is 68.2 cm³/mol. The molecular formula is C14H11ClO2. The number of carbonyl (C=O) groups is 1. The van der Waals surface area contributed by atoms with E-state index in [1.54, 1.807) is 6.07 Å². The molecule has 2 rings (SSSR count). The van der Waals surface area contributed by atoms with Crippen molar-refractivity contribution in [2.45, 2.75) is 6.92 Å². The molecule has 3 heteroatoms. The van der Waals surface area contributed by atoms with Gasteiger partial charge in [-0.2, -0.15) is 0 Å². The number of hydrogen-bond donors (Lipinski definition) is 0. The van der Waals surface area contributed by atoms with Gasteiger partial charge in [-0.25, -0.2) is 0 Å². The molecule has 0 bridgehead atoms. The molecule has 0 radical (unpaired) electrons. The Kier molecular flexibility index (Phi) is 3.45. The third-order valence-electron chi connectivity index (χ3n) is 2.30. The molecule has 0 heterocycles. The van der Waals surface area contributed by atoms with Crippen molar-refractivity contribution in [2.75, 3.05) is 0 Å². The second kappa shape index (κ2) is 5.02. The lowest BCUT2D eigenvalue weighted by Gasteiger charge is -2.10. The molecule has 0 amide bonds. The Hall–Kier alpha value is -1.80. The molecule has 17 heavy (non-hydrogen) atoms. The molecule has 0 saturated heterocycles. The van der Waals surface area contributed by atoms with E-state index in [0.717, 1.165) is 11.1 Å². The van der Waals surface area contributed by atoms with Gasteiger partial charge in [0.05, 0.1) is 5.02 Å². The summed E-state index contributed by atoms with van der Waals surface area (Å²) in [6.07, 6.45) is 0. The highest BCUT2D eigenvalue weighted by Crippen LogP contribution is 2.36. The zero-order valence-corrected chi connectivity index (χ0v) is 10.1. The molecule has 0 aliphatic heterocycles. The summed E-state index contributed by atoms with van der Waals surface area (Å²) in [6, 6.07) is 15.1. The fourth-order valence-corrected chi connectivity index (χ4v) is 1.81. The highest BCUT2D eigenvalue weighted by Gasteiger charge is 2.11. The number of para-hydroxylation sites is 1. The smallest absolute Gasteiger partial charge is 0.308 e. The van der Waals surface area contributed by atoms with Crippen LogP contribution in [-0.4, -0.2) is 5.97 Å². The van der Waals surface area contributed by atoms with E-state index < -0.39 is 0 Å². The van der Waals surface area contributed by atoms with Crippen LogP contribution in [0.1, 0.15) is 6.92 Å². The standard InChI is InChI=1S/C14H11ClO2/c1-10(16)17-14-12(8-5-9-13(14)15)11-6-3-2-4-7-11/h2-9H,1H3. The van der Waals surface area contributed by atoms with Gasteiger partial charge in [-0.05, 0) is 11.6 Å². The van der Waals surface area contributed by atoms with Crippen LogP contribution in [0.2, 0.25) is 5.02 Å². The zero-order chi connectivity index (χ0) is 12.3. The minimum atomic E-state index is -0.379. The van der Waals surface area contributed by atoms with Crippen LogP contribution >= 0.6 is 11.6 Å². The normalized spacial score (nSPS) is 10.0. The van der Waals surface area contributed by atoms with E-state index in [-0.39, 0.29) is 5.97 Å². The zero-order valence-electron chi connectivity index (χ0n) is 9.31. The molecule has 0 unspecified atom stereocenters. The van der Waals surface area contributed by atoms with Gasteiger partial charge in [0, 0.05) is 12.5 Å². The van der Waals surface area contributed by atoms with Crippen molar-refractivity contribution in [3.63, 3.8) is 0 Å². The largest absolute Gasteiger partial charge is 0.424 e. The van der Waals surface area contributed by atoms with Gasteiger partial charge in [0.1, 0.15) is 0 Å². The summed E-state index contributed by atoms with van der Waals surface area (Å²) in [7, 11) is 0. The maximum absolute atomic E-state index is 11.1. The van der Waals surface area contributed by atoms with Crippen molar-refractivity contribution in [2.24, 2.45) is 0 Å². The molecule has 0 aromatic heterocycles. The second-order valence-electron chi connectivity index (χ2n) is 3.58. The molecule has 0 saturated carbocycles. The van der Waals surface area contributed by atoms with Gasteiger partial charge < -0.3 is 4.74 Å². The Labute approximate surface area is 105 Å². The van der Waals surface area contributed by atoms with Crippen LogP contribution in [0.25, 0.3) is 11.1 Å². The number of rotatable bonds is 2. The SMILES string of the molecule is CC(=O)Oc1c(Cl)cccc1-c1ccccc1. The highest BCUT2D eigenvalue weighted by molar-refractivity contribution is 6.32. The first-order valence-corrected chi connectivity index (χ1v) is 5.58. The lowest BCUT2D eigenvalue weighted by Crippen LogP contribution is -2.03. The van der Waals surface area contributed by atoms with Gasteiger partial charge in [0.25, 0.3) is 0 Å². The highest BCUT2D eigenvalue weighted by atomic mass is 35.5. The number of carbonyl (C=O) groups excluding carboxylic acids is 1. The molecule has 0 spiro atoms. The first kappa shape index (κ1) is 11.7. The molecule has 0 N–H and O–H groups in total. The van der Waals surface area contributed by atoms with Crippen LogP contribution < -0.4 is 4.74 Å². The van der Waals surface area contributed by atoms with Crippen LogP contribution in [0.3, 0.4) is 0 Å². The van der Waals surface area contributed by atoms with Crippen molar-refractivity contribution in [1.82, 2.24) is 0 Å². The predicted octanol–water partition coefficient (Wildman–Crippen LogP) is 3.93. The third kappa shape index (κ3) is 2.66. The average Bonchev–Trinajstić information content (AvgIpc) is 2.32. The van der Waals surface area contributed by atoms with E-state index in [9.17, 15) is 4.79 Å². The van der Waals surface area contributed by atoms with Gasteiger partial charge in [-0.1, -0.05) is 54.1 Å². The molecule has 2 aromatic rings. The monoisotopic (exact) mass is 246 g/mol. The maximum Gasteiger partial charge on any atom is 0.308 e. The summed E-state index contributed by atoms with van der Waals surface area (Å²) in [5.41, 5.74) is 1.78. The molecule has 0 fully saturated rings. The van der Waals surface area contributed by atoms with E-state index in [0.29, 0.717) is 10.8 Å². The summed E-state index contributed by atoms with van der Waals surface area (Å²) in [6.45, 7) is 1.36. The second-order valence-corrected chi connectivity index (χ2v) is 3.98. The minimum absolute atomic E-state index is 0.379. The van der Waals surface area contributed by atoms with E-state index in [4.69, 9.17) is 16.3 Å². The van der Waals surface area contributed by atoms with Crippen LogP contribution in [0, 0.1) is 0 Å². The summed E-state index contributed by atoms with van der Waals surface area (Å²) in [5, 5.41) is 0.432. The molecule has 2 aromatic carbocycles. The molecule has 86 valence electrons. The quantitative estimate of drug-likeness (QED) is 0.593. The van der Waals surface area contributed by atoms with Gasteiger partial charge in [-0.15, -0.1) is 0 Å². The Morgan fingerprint density at radius 2 is 1.76 bits per heavy atom. The first-order valence-electron chi connectivity index (χ1n) is 5.21. The van der Waals surface area contributed by atoms with Crippen LogP contribution in [0.4, 0.5) is 0 Å². The number of ether oxygens (including phenoxy) is 1. The number of esters is 1. The topological polar surface area (TPSA) is 26.3 Å². The summed E-state index contributed by atoms with van der Waals surface area (Å²) in [5.74, 6) is 0.0307. The maximum atomic E-state index is 11.1. The van der Waals surface area contributed by atoms with E-state index in [1.165, 1.54) is 6.92 Å². The molecule has 0 aliphatic rings. The lowest BCUT2D eigenvalue weighted by atomic mass is 10.0. The van der Waals surface area contributed by atoms with Crippen molar-refractivity contribution >= 4 is 17.6 Å². The molecule has 2 nitrogen and oxygen atoms in total. The Morgan fingerprint density at radius 1 is 1.06 bits per heavy atom. The van der Waals surface area contributed by atoms with E-state index in [2.05, 4.69) is 0 Å². The number of hydrogen-bond acceptors (Lipinski definition) is 2. The van der Waals surface area contributed by atoms with Crippen LogP contribution in [-0.2, 0) is 4.79 Å². The van der Waals surface area contributed by atoms with E-state index in [1.807, 2.05) is 42.5 Å². The molecule has 0 aliphatic carbocycles. The Bertz CT molecular complexity index is 535. The minimum Gasteiger partial charge on any atom is -0.424 e. The summed E-state index contributed by atoms with van der Waals surface area (Å²) in [4.78, 5) is 11.1. The fraction of sp³-hybridized carbons (Fsp3) is 0.0714. The number of benzene rings is 2.